The molecule has 1 aromatic carbocycles. The number of nitrogens with zero attached hydrogens (tertiary/aromatic N) is 2. The number of hydrogen-bond acceptors (Lipinski definition) is 4. The van der Waals surface area contributed by atoms with Crippen molar-refractivity contribution in [1.82, 2.24) is 4.90 Å². The van der Waals surface area contributed by atoms with E-state index in [1.165, 1.54) is 31.4 Å². The maximum atomic E-state index is 4.54. The summed E-state index contributed by atoms with van der Waals surface area (Å²) >= 11 is 3.60. The van der Waals surface area contributed by atoms with Gasteiger partial charge in [0.2, 0.25) is 0 Å². The number of halogens is 1. The molecule has 0 spiro atoms. The van der Waals surface area contributed by atoms with Gasteiger partial charge < -0.3 is 4.90 Å². The average Bonchev–Trinajstić information content (AvgIpc) is 3.02. The Balaban J connectivity index is 0.00000110. The van der Waals surface area contributed by atoms with E-state index in [1.54, 1.807) is 23.1 Å². The molecule has 2 aliphatic rings. The summed E-state index contributed by atoms with van der Waals surface area (Å²) in [6.45, 7) is 4.15. The van der Waals surface area contributed by atoms with Crippen molar-refractivity contribution in [1.29, 1.82) is 0 Å². The van der Waals surface area contributed by atoms with Gasteiger partial charge in [0, 0.05) is 16.1 Å². The first kappa shape index (κ1) is 13.2. The Kier molecular flexibility index (Phi) is 3.45. The summed E-state index contributed by atoms with van der Waals surface area (Å²) in [5.74, 6) is 0. The zero-order valence-corrected chi connectivity index (χ0v) is 13.8. The predicted molar refractivity (Wildman–Crippen MR) is 91.3 cm³/mol. The standard InChI is InChI=1S/C14H12N2S2.BrH/c1-9-13(16-6-5-15-14(16)18-9)11-2-3-12-10(8-11)4-7-17-12;/h2-4,7-8H,5-6H2,1H3;1H. The van der Waals surface area contributed by atoms with E-state index >= 15 is 0 Å². The largest absolute Gasteiger partial charge is 0.318 e. The van der Waals surface area contributed by atoms with Gasteiger partial charge in [0.1, 0.15) is 0 Å². The lowest BCUT2D eigenvalue weighted by atomic mass is 10.1. The number of aliphatic imine (C=N–C) groups is 1. The summed E-state index contributed by atoms with van der Waals surface area (Å²) in [6, 6.07) is 8.96. The van der Waals surface area contributed by atoms with Crippen LogP contribution in [0.5, 0.6) is 0 Å². The SMILES string of the molecule is Br.CC1=C(c2ccc3sccc3c2)N2CCN=C2S1. The minimum absolute atomic E-state index is 0. The summed E-state index contributed by atoms with van der Waals surface area (Å²) in [5, 5.41) is 4.67. The second kappa shape index (κ2) is 4.96. The van der Waals surface area contributed by atoms with Crippen molar-refractivity contribution in [3.63, 3.8) is 0 Å². The molecule has 0 amide bonds. The average molecular weight is 353 g/mol. The highest BCUT2D eigenvalue weighted by molar-refractivity contribution is 8.93. The van der Waals surface area contributed by atoms with Gasteiger partial charge in [0.25, 0.3) is 0 Å². The van der Waals surface area contributed by atoms with Gasteiger partial charge in [-0.25, -0.2) is 0 Å². The van der Waals surface area contributed by atoms with Gasteiger partial charge in [-0.15, -0.1) is 28.3 Å². The second-order valence-corrected chi connectivity index (χ2v) is 6.63. The third kappa shape index (κ3) is 2.04. The first-order valence-electron chi connectivity index (χ1n) is 6.01. The van der Waals surface area contributed by atoms with Crippen molar-refractivity contribution in [3.8, 4) is 0 Å². The monoisotopic (exact) mass is 352 g/mol. The number of fused-ring (bicyclic) bond motifs is 2. The van der Waals surface area contributed by atoms with Gasteiger partial charge >= 0.3 is 0 Å². The Morgan fingerprint density at radius 2 is 2.16 bits per heavy atom. The fraction of sp³-hybridized carbons (Fsp3) is 0.214. The molecule has 2 nitrogen and oxygen atoms in total. The maximum absolute atomic E-state index is 4.54. The number of thioether (sulfide) groups is 1. The molecule has 4 rings (SSSR count). The van der Waals surface area contributed by atoms with Gasteiger partial charge in [0.15, 0.2) is 5.17 Å². The van der Waals surface area contributed by atoms with Crippen LogP contribution in [0, 0.1) is 0 Å². The predicted octanol–water partition coefficient (Wildman–Crippen LogP) is 4.59. The zero-order chi connectivity index (χ0) is 12.1. The third-order valence-electron chi connectivity index (χ3n) is 3.38. The van der Waals surface area contributed by atoms with Crippen molar-refractivity contribution >= 4 is 61.0 Å². The van der Waals surface area contributed by atoms with Crippen molar-refractivity contribution in [3.05, 3.63) is 40.1 Å². The quantitative estimate of drug-likeness (QED) is 0.745. The van der Waals surface area contributed by atoms with Gasteiger partial charge in [0.05, 0.1) is 12.2 Å². The Labute approximate surface area is 131 Å². The number of hydrogen-bond donors (Lipinski definition) is 0. The number of allylic oxidation sites excluding steroid dienone is 1. The molecule has 3 heterocycles. The van der Waals surface area contributed by atoms with Gasteiger partial charge in [-0.3, -0.25) is 4.99 Å². The Hall–Kier alpha value is -0.780. The lowest BCUT2D eigenvalue weighted by Gasteiger charge is -2.17. The van der Waals surface area contributed by atoms with Crippen molar-refractivity contribution < 1.29 is 0 Å². The fourth-order valence-corrected chi connectivity index (χ4v) is 4.39. The van der Waals surface area contributed by atoms with Crippen molar-refractivity contribution in [2.24, 2.45) is 4.99 Å². The van der Waals surface area contributed by atoms with Crippen LogP contribution in [0.2, 0.25) is 0 Å². The van der Waals surface area contributed by atoms with Gasteiger partial charge in [-0.2, -0.15) is 0 Å². The van der Waals surface area contributed by atoms with Crippen LogP contribution in [0.15, 0.2) is 39.5 Å². The van der Waals surface area contributed by atoms with Crippen LogP contribution in [-0.4, -0.2) is 23.2 Å². The normalized spacial score (nSPS) is 17.7. The molecule has 0 atom stereocenters. The summed E-state index contributed by atoms with van der Waals surface area (Å²) < 4.78 is 1.36. The summed E-state index contributed by atoms with van der Waals surface area (Å²) in [6.07, 6.45) is 0. The third-order valence-corrected chi connectivity index (χ3v) is 5.30. The smallest absolute Gasteiger partial charge is 0.168 e. The van der Waals surface area contributed by atoms with E-state index in [0.29, 0.717) is 0 Å². The van der Waals surface area contributed by atoms with Crippen molar-refractivity contribution in [2.75, 3.05) is 13.1 Å². The molecule has 0 radical (unpaired) electrons. The summed E-state index contributed by atoms with van der Waals surface area (Å²) in [5.41, 5.74) is 2.67. The van der Waals surface area contributed by atoms with E-state index in [4.69, 9.17) is 0 Å². The van der Waals surface area contributed by atoms with E-state index in [2.05, 4.69) is 46.5 Å². The Morgan fingerprint density at radius 3 is 3.05 bits per heavy atom. The summed E-state index contributed by atoms with van der Waals surface area (Å²) in [7, 11) is 0. The minimum atomic E-state index is 0. The molecular formula is C14H13BrN2S2. The molecule has 2 aliphatic heterocycles. The lowest BCUT2D eigenvalue weighted by molar-refractivity contribution is 0.648. The molecule has 19 heavy (non-hydrogen) atoms. The highest BCUT2D eigenvalue weighted by Crippen LogP contribution is 2.41. The lowest BCUT2D eigenvalue weighted by Crippen LogP contribution is -2.19. The number of amidine groups is 1. The van der Waals surface area contributed by atoms with Gasteiger partial charge in [-0.05, 0) is 41.5 Å². The molecule has 0 unspecified atom stereocenters. The topological polar surface area (TPSA) is 15.6 Å². The Bertz CT molecular complexity index is 702. The fourth-order valence-electron chi connectivity index (χ4n) is 2.57. The summed E-state index contributed by atoms with van der Waals surface area (Å²) in [4.78, 5) is 8.26. The van der Waals surface area contributed by atoms with Crippen molar-refractivity contribution in [2.45, 2.75) is 6.92 Å². The maximum Gasteiger partial charge on any atom is 0.168 e. The molecule has 0 saturated heterocycles. The first-order chi connectivity index (χ1) is 8.83. The molecule has 5 heteroatoms. The molecule has 0 bridgehead atoms. The zero-order valence-electron chi connectivity index (χ0n) is 10.4. The van der Waals surface area contributed by atoms with E-state index < -0.39 is 0 Å². The van der Waals surface area contributed by atoms with Crippen LogP contribution in [0.4, 0.5) is 0 Å². The number of rotatable bonds is 1. The molecule has 0 N–H and O–H groups in total. The van der Waals surface area contributed by atoms with Crippen LogP contribution >= 0.6 is 40.1 Å². The molecule has 0 saturated carbocycles. The van der Waals surface area contributed by atoms with E-state index in [0.717, 1.165) is 13.1 Å². The van der Waals surface area contributed by atoms with Crippen LogP contribution in [0.3, 0.4) is 0 Å². The van der Waals surface area contributed by atoms with E-state index in [1.807, 2.05) is 0 Å². The van der Waals surface area contributed by atoms with Crippen LogP contribution in [0.25, 0.3) is 15.8 Å². The van der Waals surface area contributed by atoms with Gasteiger partial charge in [-0.1, -0.05) is 17.8 Å². The minimum Gasteiger partial charge on any atom is -0.318 e. The first-order valence-corrected chi connectivity index (χ1v) is 7.71. The highest BCUT2D eigenvalue weighted by atomic mass is 79.9. The van der Waals surface area contributed by atoms with Crippen LogP contribution < -0.4 is 0 Å². The molecule has 1 aromatic heterocycles. The van der Waals surface area contributed by atoms with E-state index in [-0.39, 0.29) is 17.0 Å². The molecular weight excluding hydrogens is 340 g/mol. The Morgan fingerprint density at radius 1 is 1.26 bits per heavy atom. The molecule has 0 fully saturated rings. The van der Waals surface area contributed by atoms with Crippen LogP contribution in [0.1, 0.15) is 12.5 Å². The highest BCUT2D eigenvalue weighted by Gasteiger charge is 2.30. The molecule has 0 aliphatic carbocycles. The van der Waals surface area contributed by atoms with E-state index in [9.17, 15) is 0 Å². The van der Waals surface area contributed by atoms with Crippen LogP contribution in [-0.2, 0) is 0 Å². The molecule has 2 aromatic rings. The molecule has 98 valence electrons. The second-order valence-electron chi connectivity index (χ2n) is 4.50. The number of thiophene rings is 1. The number of benzene rings is 1.